The molecule has 1 aliphatic carbocycles. The first-order chi connectivity index (χ1) is 10.3. The highest BCUT2D eigenvalue weighted by molar-refractivity contribution is 5.91. The van der Waals surface area contributed by atoms with Gasteiger partial charge in [-0.25, -0.2) is 4.98 Å². The van der Waals surface area contributed by atoms with Crippen molar-refractivity contribution in [2.75, 3.05) is 0 Å². The van der Waals surface area contributed by atoms with Gasteiger partial charge in [-0.1, -0.05) is 0 Å². The monoisotopic (exact) mass is 282 g/mol. The van der Waals surface area contributed by atoms with Crippen LogP contribution >= 0.6 is 0 Å². The maximum Gasteiger partial charge on any atom is 0.244 e. The second-order valence-corrected chi connectivity index (χ2v) is 5.24. The van der Waals surface area contributed by atoms with Crippen LogP contribution in [0.1, 0.15) is 30.9 Å². The highest BCUT2D eigenvalue weighted by atomic mass is 16.1. The number of carbonyl (C=O) groups is 1. The fourth-order valence-electron chi connectivity index (χ4n) is 2.81. The number of hydrogen-bond acceptors (Lipinski definition) is 3. The van der Waals surface area contributed by atoms with Crippen molar-refractivity contribution < 1.29 is 4.79 Å². The minimum absolute atomic E-state index is 0.0520. The Bertz CT molecular complexity index is 606. The van der Waals surface area contributed by atoms with E-state index in [2.05, 4.69) is 19.9 Å². The Labute approximate surface area is 123 Å². The molecule has 5 nitrogen and oxygen atoms in total. The van der Waals surface area contributed by atoms with Crippen LogP contribution in [0.4, 0.5) is 0 Å². The number of pyridine rings is 1. The second kappa shape index (κ2) is 6.35. The molecular formula is C16H18N4O. The second-order valence-electron chi connectivity index (χ2n) is 5.24. The van der Waals surface area contributed by atoms with Crippen molar-refractivity contribution in [1.29, 1.82) is 0 Å². The first-order valence-corrected chi connectivity index (χ1v) is 7.19. The Morgan fingerprint density at radius 2 is 2.10 bits per heavy atom. The summed E-state index contributed by atoms with van der Waals surface area (Å²) in [5.74, 6) is -0.0520. The number of amides is 1. The van der Waals surface area contributed by atoms with Gasteiger partial charge in [-0.15, -0.1) is 0 Å². The zero-order valence-corrected chi connectivity index (χ0v) is 11.7. The Hall–Kier alpha value is -2.43. The van der Waals surface area contributed by atoms with Crippen molar-refractivity contribution in [2.24, 2.45) is 0 Å². The normalized spacial score (nSPS) is 21.7. The van der Waals surface area contributed by atoms with E-state index < -0.39 is 0 Å². The fourth-order valence-corrected chi connectivity index (χ4v) is 2.81. The van der Waals surface area contributed by atoms with Crippen molar-refractivity contribution in [1.82, 2.24) is 19.9 Å². The third-order valence-electron chi connectivity index (χ3n) is 3.85. The molecule has 2 aromatic rings. The average Bonchev–Trinajstić information content (AvgIpc) is 3.17. The predicted octanol–water partition coefficient (Wildman–Crippen LogP) is 2.20. The molecule has 0 aromatic carbocycles. The summed E-state index contributed by atoms with van der Waals surface area (Å²) in [7, 11) is 0. The summed E-state index contributed by atoms with van der Waals surface area (Å²) in [5, 5.41) is 3.10. The van der Waals surface area contributed by atoms with E-state index in [9.17, 15) is 4.79 Å². The third-order valence-corrected chi connectivity index (χ3v) is 3.85. The number of nitrogens with one attached hydrogen (secondary N) is 1. The average molecular weight is 282 g/mol. The number of carbonyl (C=O) groups excluding carboxylic acids is 1. The van der Waals surface area contributed by atoms with E-state index in [1.807, 2.05) is 24.7 Å². The number of nitrogens with zero attached hydrogens (tertiary/aromatic N) is 3. The maximum absolute atomic E-state index is 12.0. The van der Waals surface area contributed by atoms with E-state index in [4.69, 9.17) is 0 Å². The molecule has 0 bridgehead atoms. The van der Waals surface area contributed by atoms with Crippen molar-refractivity contribution in [3.8, 4) is 0 Å². The van der Waals surface area contributed by atoms with Gasteiger partial charge in [-0.3, -0.25) is 9.78 Å². The van der Waals surface area contributed by atoms with Crippen molar-refractivity contribution in [3.05, 3.63) is 54.9 Å². The maximum atomic E-state index is 12.0. The van der Waals surface area contributed by atoms with Crippen LogP contribution in [0.3, 0.4) is 0 Å². The van der Waals surface area contributed by atoms with Gasteiger partial charge in [-0.05, 0) is 43.0 Å². The van der Waals surface area contributed by atoms with Gasteiger partial charge >= 0.3 is 0 Å². The van der Waals surface area contributed by atoms with E-state index in [0.717, 1.165) is 24.8 Å². The lowest BCUT2D eigenvalue weighted by Gasteiger charge is -2.21. The minimum Gasteiger partial charge on any atom is -0.348 e. The molecule has 1 fully saturated rings. The lowest BCUT2D eigenvalue weighted by atomic mass is 10.1. The molecule has 2 atom stereocenters. The van der Waals surface area contributed by atoms with Crippen molar-refractivity contribution >= 4 is 12.0 Å². The van der Waals surface area contributed by atoms with E-state index in [0.29, 0.717) is 6.04 Å². The smallest absolute Gasteiger partial charge is 0.244 e. The first kappa shape index (κ1) is 13.5. The van der Waals surface area contributed by atoms with Gasteiger partial charge in [-0.2, -0.15) is 0 Å². The summed E-state index contributed by atoms with van der Waals surface area (Å²) in [5.41, 5.74) is 0.970. The molecule has 1 amide bonds. The number of rotatable bonds is 4. The predicted molar refractivity (Wildman–Crippen MR) is 80.3 cm³/mol. The largest absolute Gasteiger partial charge is 0.348 e. The van der Waals surface area contributed by atoms with Crippen LogP contribution in [-0.4, -0.2) is 26.5 Å². The Balaban J connectivity index is 1.61. The van der Waals surface area contributed by atoms with E-state index in [1.165, 1.54) is 0 Å². The van der Waals surface area contributed by atoms with Crippen LogP contribution in [-0.2, 0) is 4.79 Å². The molecule has 1 N–H and O–H groups in total. The number of hydrogen-bond donors (Lipinski definition) is 1. The van der Waals surface area contributed by atoms with Gasteiger partial charge in [0.25, 0.3) is 0 Å². The first-order valence-electron chi connectivity index (χ1n) is 7.19. The van der Waals surface area contributed by atoms with Gasteiger partial charge in [0, 0.05) is 36.9 Å². The lowest BCUT2D eigenvalue weighted by molar-refractivity contribution is -0.117. The van der Waals surface area contributed by atoms with Gasteiger partial charge in [0.1, 0.15) is 0 Å². The molecule has 5 heteroatoms. The summed E-state index contributed by atoms with van der Waals surface area (Å²) in [6, 6.07) is 4.22. The molecule has 1 aliphatic rings. The summed E-state index contributed by atoms with van der Waals surface area (Å²) < 4.78 is 2.09. The molecule has 0 saturated heterocycles. The van der Waals surface area contributed by atoms with E-state index in [1.54, 1.807) is 30.7 Å². The van der Waals surface area contributed by atoms with E-state index in [-0.39, 0.29) is 11.9 Å². The molecule has 2 aromatic heterocycles. The van der Waals surface area contributed by atoms with Crippen molar-refractivity contribution in [3.63, 3.8) is 0 Å². The molecule has 1 saturated carbocycles. The van der Waals surface area contributed by atoms with E-state index >= 15 is 0 Å². The molecule has 108 valence electrons. The molecular weight excluding hydrogens is 264 g/mol. The molecule has 0 radical (unpaired) electrons. The summed E-state index contributed by atoms with van der Waals surface area (Å²) in [6.45, 7) is 0. The zero-order chi connectivity index (χ0) is 14.5. The number of imidazole rings is 1. The van der Waals surface area contributed by atoms with Crippen LogP contribution in [0, 0.1) is 0 Å². The van der Waals surface area contributed by atoms with Gasteiger partial charge < -0.3 is 9.88 Å². The Morgan fingerprint density at radius 1 is 1.24 bits per heavy atom. The highest BCUT2D eigenvalue weighted by Gasteiger charge is 2.28. The van der Waals surface area contributed by atoms with Crippen LogP contribution in [0.5, 0.6) is 0 Å². The third kappa shape index (κ3) is 3.37. The van der Waals surface area contributed by atoms with Crippen molar-refractivity contribution in [2.45, 2.75) is 31.3 Å². The molecule has 3 rings (SSSR count). The van der Waals surface area contributed by atoms with Gasteiger partial charge in [0.15, 0.2) is 0 Å². The zero-order valence-electron chi connectivity index (χ0n) is 11.7. The van der Waals surface area contributed by atoms with Crippen LogP contribution in [0.2, 0.25) is 0 Å². The molecule has 2 heterocycles. The SMILES string of the molecule is O=C(C=Cc1ccncc1)NC1CCCC1n1ccnc1. The molecule has 0 aliphatic heterocycles. The topological polar surface area (TPSA) is 59.8 Å². The van der Waals surface area contributed by atoms with Gasteiger partial charge in [0.05, 0.1) is 12.4 Å². The summed E-state index contributed by atoms with van der Waals surface area (Å²) >= 11 is 0. The standard InChI is InChI=1S/C16H18N4O/c21-16(5-4-13-6-8-17-9-7-13)19-14-2-1-3-15(14)20-11-10-18-12-20/h4-12,14-15H,1-3H2,(H,19,21). The highest BCUT2D eigenvalue weighted by Crippen LogP contribution is 2.29. The van der Waals surface area contributed by atoms with Gasteiger partial charge in [0.2, 0.25) is 5.91 Å². The Kier molecular flexibility index (Phi) is 4.09. The summed E-state index contributed by atoms with van der Waals surface area (Å²) in [4.78, 5) is 20.1. The van der Waals surface area contributed by atoms with Crippen LogP contribution in [0.15, 0.2) is 49.3 Å². The summed E-state index contributed by atoms with van der Waals surface area (Å²) in [6.07, 6.45) is 15.6. The van der Waals surface area contributed by atoms with Crippen LogP contribution in [0.25, 0.3) is 6.08 Å². The fraction of sp³-hybridized carbons (Fsp3) is 0.312. The minimum atomic E-state index is -0.0520. The number of aromatic nitrogens is 3. The molecule has 2 unspecified atom stereocenters. The van der Waals surface area contributed by atoms with Crippen LogP contribution < -0.4 is 5.32 Å². The quantitative estimate of drug-likeness (QED) is 0.875. The molecule has 0 spiro atoms. The Morgan fingerprint density at radius 3 is 2.86 bits per heavy atom. The molecule has 21 heavy (non-hydrogen) atoms. The lowest BCUT2D eigenvalue weighted by Crippen LogP contribution is -2.37.